The van der Waals surface area contributed by atoms with E-state index in [1.54, 1.807) is 6.92 Å². The molecule has 94 valence electrons. The van der Waals surface area contributed by atoms with Crippen LogP contribution in [0.1, 0.15) is 25.3 Å². The molecule has 1 saturated carbocycles. The minimum Gasteiger partial charge on any atom is -0.495 e. The monoisotopic (exact) mass is 261 g/mol. The van der Waals surface area contributed by atoms with Gasteiger partial charge in [-0.15, -0.1) is 0 Å². The van der Waals surface area contributed by atoms with Crippen LogP contribution < -0.4 is 10.5 Å². The van der Waals surface area contributed by atoms with Crippen LogP contribution in [-0.2, 0) is 5.41 Å². The average molecular weight is 262 g/mol. The predicted octanol–water partition coefficient (Wildman–Crippen LogP) is 3.01. The maximum absolute atomic E-state index is 14.0. The van der Waals surface area contributed by atoms with Crippen molar-refractivity contribution in [3.8, 4) is 5.75 Å². The van der Waals surface area contributed by atoms with E-state index in [9.17, 15) is 8.78 Å². The molecule has 0 radical (unpaired) electrons. The maximum atomic E-state index is 14.0. The van der Waals surface area contributed by atoms with Crippen molar-refractivity contribution in [2.75, 3.05) is 7.11 Å². The van der Waals surface area contributed by atoms with Crippen LogP contribution in [-0.4, -0.2) is 13.2 Å². The standard InChI is InChI=1S/C12H14ClF2NO/c1-6(16)12(3-4-12)9-10(15)8(14)5-7(13)11(9)17-2/h5-6H,3-4,16H2,1-2H3. The van der Waals surface area contributed by atoms with Crippen molar-refractivity contribution in [2.24, 2.45) is 5.73 Å². The number of benzene rings is 1. The highest BCUT2D eigenvalue weighted by Crippen LogP contribution is 2.55. The van der Waals surface area contributed by atoms with Gasteiger partial charge in [0.25, 0.3) is 0 Å². The molecule has 2 rings (SSSR count). The summed E-state index contributed by atoms with van der Waals surface area (Å²) in [4.78, 5) is 0. The van der Waals surface area contributed by atoms with Gasteiger partial charge in [0.2, 0.25) is 0 Å². The van der Waals surface area contributed by atoms with Gasteiger partial charge in [0.1, 0.15) is 5.75 Å². The van der Waals surface area contributed by atoms with E-state index in [0.29, 0.717) is 0 Å². The summed E-state index contributed by atoms with van der Waals surface area (Å²) in [6, 6.07) is 0.653. The van der Waals surface area contributed by atoms with E-state index in [-0.39, 0.29) is 22.4 Å². The van der Waals surface area contributed by atoms with Gasteiger partial charge >= 0.3 is 0 Å². The Hall–Kier alpha value is -0.870. The molecule has 17 heavy (non-hydrogen) atoms. The third-order valence-electron chi connectivity index (χ3n) is 3.49. The van der Waals surface area contributed by atoms with Crippen LogP contribution >= 0.6 is 11.6 Å². The molecule has 1 unspecified atom stereocenters. The first-order chi connectivity index (χ1) is 7.94. The Labute approximate surface area is 104 Å². The minimum absolute atomic E-state index is 0.0772. The number of nitrogens with two attached hydrogens (primary N) is 1. The average Bonchev–Trinajstić information content (AvgIpc) is 3.04. The van der Waals surface area contributed by atoms with E-state index >= 15 is 0 Å². The zero-order valence-electron chi connectivity index (χ0n) is 9.69. The van der Waals surface area contributed by atoms with E-state index in [2.05, 4.69) is 0 Å². The number of methoxy groups -OCH3 is 1. The number of ether oxygens (including phenoxy) is 1. The summed E-state index contributed by atoms with van der Waals surface area (Å²) < 4.78 is 32.5. The molecule has 1 aliphatic rings. The van der Waals surface area contributed by atoms with Crippen molar-refractivity contribution in [3.63, 3.8) is 0 Å². The second-order valence-corrected chi connectivity index (χ2v) is 4.91. The lowest BCUT2D eigenvalue weighted by Crippen LogP contribution is -2.33. The lowest BCUT2D eigenvalue weighted by Gasteiger charge is -2.24. The lowest BCUT2D eigenvalue weighted by atomic mass is 9.88. The Kier molecular flexibility index (Phi) is 3.04. The van der Waals surface area contributed by atoms with Crippen LogP contribution in [0.25, 0.3) is 0 Å². The summed E-state index contributed by atoms with van der Waals surface area (Å²) >= 11 is 5.87. The summed E-state index contributed by atoms with van der Waals surface area (Å²) in [6.07, 6.45) is 1.44. The van der Waals surface area contributed by atoms with Crippen molar-refractivity contribution in [1.82, 2.24) is 0 Å². The third kappa shape index (κ3) is 1.79. The fraction of sp³-hybridized carbons (Fsp3) is 0.500. The van der Waals surface area contributed by atoms with E-state index in [0.717, 1.165) is 18.9 Å². The van der Waals surface area contributed by atoms with Crippen LogP contribution in [0.2, 0.25) is 5.02 Å². The number of hydrogen-bond acceptors (Lipinski definition) is 2. The molecule has 2 nitrogen and oxygen atoms in total. The Bertz CT molecular complexity index is 458. The molecule has 0 amide bonds. The summed E-state index contributed by atoms with van der Waals surface area (Å²) in [5.74, 6) is -1.67. The predicted molar refractivity (Wildman–Crippen MR) is 62.5 cm³/mol. The van der Waals surface area contributed by atoms with Crippen LogP contribution in [0.15, 0.2) is 6.07 Å². The summed E-state index contributed by atoms with van der Waals surface area (Å²) in [7, 11) is 1.39. The van der Waals surface area contributed by atoms with Gasteiger partial charge in [0.05, 0.1) is 12.1 Å². The lowest BCUT2D eigenvalue weighted by molar-refractivity contribution is 0.381. The molecule has 0 saturated heterocycles. The van der Waals surface area contributed by atoms with Gasteiger partial charge in [-0.2, -0.15) is 0 Å². The molecule has 1 aliphatic carbocycles. The smallest absolute Gasteiger partial charge is 0.166 e. The van der Waals surface area contributed by atoms with Crippen molar-refractivity contribution < 1.29 is 13.5 Å². The zero-order chi connectivity index (χ0) is 12.8. The van der Waals surface area contributed by atoms with Crippen molar-refractivity contribution in [3.05, 3.63) is 28.3 Å². The third-order valence-corrected chi connectivity index (χ3v) is 3.77. The zero-order valence-corrected chi connectivity index (χ0v) is 10.4. The van der Waals surface area contributed by atoms with Crippen LogP contribution in [0.4, 0.5) is 8.78 Å². The fourth-order valence-corrected chi connectivity index (χ4v) is 2.56. The second-order valence-electron chi connectivity index (χ2n) is 4.51. The molecule has 0 spiro atoms. The highest BCUT2D eigenvalue weighted by molar-refractivity contribution is 6.32. The summed E-state index contributed by atoms with van der Waals surface area (Å²) in [5.41, 5.74) is 5.51. The van der Waals surface area contributed by atoms with E-state index < -0.39 is 17.0 Å². The molecular weight excluding hydrogens is 248 g/mol. The highest BCUT2D eigenvalue weighted by atomic mass is 35.5. The number of rotatable bonds is 3. The quantitative estimate of drug-likeness (QED) is 0.849. The summed E-state index contributed by atoms with van der Waals surface area (Å²) in [5, 5.41) is 0.0772. The molecule has 1 aromatic rings. The van der Waals surface area contributed by atoms with Crippen LogP contribution in [0.5, 0.6) is 5.75 Å². The Morgan fingerprint density at radius 1 is 1.47 bits per heavy atom. The van der Waals surface area contributed by atoms with Crippen molar-refractivity contribution >= 4 is 11.6 Å². The normalized spacial score (nSPS) is 18.9. The van der Waals surface area contributed by atoms with Crippen molar-refractivity contribution in [1.29, 1.82) is 0 Å². The molecule has 1 atom stereocenters. The molecule has 0 aromatic heterocycles. The molecule has 0 aliphatic heterocycles. The van der Waals surface area contributed by atoms with Gasteiger partial charge in [-0.3, -0.25) is 0 Å². The topological polar surface area (TPSA) is 35.2 Å². The van der Waals surface area contributed by atoms with Crippen LogP contribution in [0, 0.1) is 11.6 Å². The largest absolute Gasteiger partial charge is 0.495 e. The Morgan fingerprint density at radius 2 is 2.06 bits per heavy atom. The first kappa shape index (κ1) is 12.6. The van der Waals surface area contributed by atoms with Gasteiger partial charge in [0, 0.05) is 17.0 Å². The second kappa shape index (κ2) is 4.10. The van der Waals surface area contributed by atoms with E-state index in [1.807, 2.05) is 0 Å². The fourth-order valence-electron chi connectivity index (χ4n) is 2.29. The first-order valence-electron chi connectivity index (χ1n) is 5.41. The Morgan fingerprint density at radius 3 is 2.47 bits per heavy atom. The number of halogens is 3. The molecule has 0 heterocycles. The van der Waals surface area contributed by atoms with Gasteiger partial charge in [0.15, 0.2) is 11.6 Å². The molecule has 1 fully saturated rings. The van der Waals surface area contributed by atoms with Gasteiger partial charge < -0.3 is 10.5 Å². The highest BCUT2D eigenvalue weighted by Gasteiger charge is 2.51. The minimum atomic E-state index is -0.960. The van der Waals surface area contributed by atoms with Gasteiger partial charge in [-0.05, 0) is 25.8 Å². The van der Waals surface area contributed by atoms with E-state index in [4.69, 9.17) is 22.1 Å². The first-order valence-corrected chi connectivity index (χ1v) is 5.79. The van der Waals surface area contributed by atoms with Crippen LogP contribution in [0.3, 0.4) is 0 Å². The molecule has 2 N–H and O–H groups in total. The Balaban J connectivity index is 2.67. The van der Waals surface area contributed by atoms with Gasteiger partial charge in [-0.25, -0.2) is 8.78 Å². The molecule has 0 bridgehead atoms. The van der Waals surface area contributed by atoms with Crippen molar-refractivity contribution in [2.45, 2.75) is 31.2 Å². The molecule has 5 heteroatoms. The van der Waals surface area contributed by atoms with E-state index in [1.165, 1.54) is 7.11 Å². The molecular formula is C12H14ClF2NO. The SMILES string of the molecule is COc1c(Cl)cc(F)c(F)c1C1(C(C)N)CC1. The molecule has 1 aromatic carbocycles. The number of hydrogen-bond donors (Lipinski definition) is 1. The maximum Gasteiger partial charge on any atom is 0.166 e. The summed E-state index contributed by atoms with van der Waals surface area (Å²) in [6.45, 7) is 1.78. The van der Waals surface area contributed by atoms with Gasteiger partial charge in [-0.1, -0.05) is 11.6 Å².